The van der Waals surface area contributed by atoms with Crippen LogP contribution in [-0.4, -0.2) is 0 Å². The number of rotatable bonds is 5. The van der Waals surface area contributed by atoms with Crippen molar-refractivity contribution in [2.24, 2.45) is 0 Å². The molecule has 0 radical (unpaired) electrons. The third-order valence-electron chi connectivity index (χ3n) is 11.6. The smallest absolute Gasteiger partial charge is 0.0754 e. The van der Waals surface area contributed by atoms with Crippen molar-refractivity contribution in [1.82, 2.24) is 0 Å². The number of hydrogen-bond acceptors (Lipinski definition) is 2. The van der Waals surface area contributed by atoms with E-state index in [9.17, 15) is 0 Å². The molecule has 2 aliphatic rings. The second kappa shape index (κ2) is 12.5. The Hall–Kier alpha value is -7.16. The van der Waals surface area contributed by atoms with E-state index in [0.717, 1.165) is 22.7 Å². The van der Waals surface area contributed by atoms with Gasteiger partial charge in [-0.3, -0.25) is 0 Å². The third kappa shape index (κ3) is 4.55. The van der Waals surface area contributed by atoms with Crippen LogP contribution in [0.4, 0.5) is 34.1 Å². The van der Waals surface area contributed by atoms with Crippen molar-refractivity contribution in [1.29, 1.82) is 0 Å². The Morgan fingerprint density at radius 1 is 0.327 bits per heavy atom. The molecule has 0 amide bonds. The fourth-order valence-electron chi connectivity index (χ4n) is 9.53. The minimum Gasteiger partial charge on any atom is -0.310 e. The molecule has 0 bridgehead atoms. The summed E-state index contributed by atoms with van der Waals surface area (Å²) in [5.74, 6) is 0. The second-order valence-electron chi connectivity index (χ2n) is 14.4. The highest BCUT2D eigenvalue weighted by Crippen LogP contribution is 2.64. The van der Waals surface area contributed by atoms with Crippen LogP contribution >= 0.6 is 0 Å². The van der Waals surface area contributed by atoms with E-state index in [1.807, 2.05) is 0 Å². The molecular formula is C53H36N2. The molecule has 1 aliphatic carbocycles. The molecule has 0 unspecified atom stereocenters. The van der Waals surface area contributed by atoms with Gasteiger partial charge in [0, 0.05) is 22.4 Å². The van der Waals surface area contributed by atoms with E-state index in [1.54, 1.807) is 0 Å². The highest BCUT2D eigenvalue weighted by atomic mass is 15.2. The molecule has 1 heterocycles. The first-order chi connectivity index (χ1) is 27.3. The van der Waals surface area contributed by atoms with Crippen LogP contribution in [0.3, 0.4) is 0 Å². The van der Waals surface area contributed by atoms with Gasteiger partial charge in [-0.05, 0) is 104 Å². The van der Waals surface area contributed by atoms with Crippen LogP contribution in [0.1, 0.15) is 22.3 Å². The first-order valence-corrected chi connectivity index (χ1v) is 19.0. The van der Waals surface area contributed by atoms with Crippen LogP contribution in [0.25, 0.3) is 33.0 Å². The minimum absolute atomic E-state index is 0.506. The van der Waals surface area contributed by atoms with Gasteiger partial charge in [-0.15, -0.1) is 0 Å². The zero-order valence-corrected chi connectivity index (χ0v) is 30.2. The van der Waals surface area contributed by atoms with Crippen LogP contribution in [0.2, 0.25) is 0 Å². The van der Waals surface area contributed by atoms with Gasteiger partial charge < -0.3 is 9.80 Å². The van der Waals surface area contributed by atoms with Crippen molar-refractivity contribution in [3.8, 4) is 22.3 Å². The van der Waals surface area contributed by atoms with E-state index in [4.69, 9.17) is 0 Å². The normalized spacial score (nSPS) is 13.2. The summed E-state index contributed by atoms with van der Waals surface area (Å²) in [5, 5.41) is 2.43. The summed E-state index contributed by atoms with van der Waals surface area (Å²) in [6, 6.07) is 79.9. The van der Waals surface area contributed by atoms with E-state index in [0.29, 0.717) is 0 Å². The monoisotopic (exact) mass is 700 g/mol. The Morgan fingerprint density at radius 3 is 1.47 bits per heavy atom. The highest BCUT2D eigenvalue weighted by molar-refractivity contribution is 6.10. The molecule has 0 saturated heterocycles. The van der Waals surface area contributed by atoms with E-state index in [-0.39, 0.29) is 0 Å². The Bertz CT molecular complexity index is 2790. The molecule has 9 aromatic carbocycles. The van der Waals surface area contributed by atoms with Crippen LogP contribution in [0.5, 0.6) is 0 Å². The van der Waals surface area contributed by atoms with Crippen molar-refractivity contribution < 1.29 is 0 Å². The maximum atomic E-state index is 2.44. The third-order valence-corrected chi connectivity index (χ3v) is 11.6. The van der Waals surface area contributed by atoms with Gasteiger partial charge >= 0.3 is 0 Å². The molecule has 0 fully saturated rings. The molecule has 2 heteroatoms. The first kappa shape index (κ1) is 31.4. The Kier molecular flexibility index (Phi) is 7.11. The Labute approximate surface area is 321 Å². The van der Waals surface area contributed by atoms with E-state index >= 15 is 0 Å². The first-order valence-electron chi connectivity index (χ1n) is 19.0. The Balaban J connectivity index is 1.18. The van der Waals surface area contributed by atoms with Crippen molar-refractivity contribution in [3.63, 3.8) is 0 Å². The van der Waals surface area contributed by atoms with Crippen LogP contribution < -0.4 is 9.80 Å². The zero-order chi connectivity index (χ0) is 36.3. The van der Waals surface area contributed by atoms with Crippen LogP contribution in [0.15, 0.2) is 218 Å². The van der Waals surface area contributed by atoms with Crippen molar-refractivity contribution >= 4 is 44.9 Å². The standard InChI is InChI=1S/C53H36N2/c1-4-19-37(20-5-1)54(38-21-6-2-7-22-38)49-36-35-41(40-25-10-11-26-42(40)49)43-28-18-32-48-52(43)44-27-12-13-29-45(44)53(48)46-30-14-16-33-50(46)55(39-23-8-3-9-24-39)51-34-17-15-31-47(51)53/h1-36H. The molecule has 9 aromatic rings. The molecule has 0 atom stereocenters. The van der Waals surface area contributed by atoms with E-state index < -0.39 is 5.41 Å². The quantitative estimate of drug-likeness (QED) is 0.176. The molecule has 11 rings (SSSR count). The van der Waals surface area contributed by atoms with Gasteiger partial charge in [-0.1, -0.05) is 164 Å². The largest absolute Gasteiger partial charge is 0.310 e. The summed E-state index contributed by atoms with van der Waals surface area (Å²) in [6.45, 7) is 0. The molecule has 0 aromatic heterocycles. The predicted molar refractivity (Wildman–Crippen MR) is 230 cm³/mol. The average molecular weight is 701 g/mol. The Morgan fingerprint density at radius 2 is 0.818 bits per heavy atom. The summed E-state index contributed by atoms with van der Waals surface area (Å²) in [5.41, 5.74) is 16.8. The lowest BCUT2D eigenvalue weighted by Gasteiger charge is -2.45. The number of hydrogen-bond donors (Lipinski definition) is 0. The fraction of sp³-hybridized carbons (Fsp3) is 0.0189. The van der Waals surface area contributed by atoms with Crippen molar-refractivity contribution in [2.75, 3.05) is 9.80 Å². The lowest BCUT2D eigenvalue weighted by atomic mass is 9.64. The van der Waals surface area contributed by atoms with Gasteiger partial charge in [-0.25, -0.2) is 0 Å². The number of anilines is 6. The van der Waals surface area contributed by atoms with Gasteiger partial charge in [0.2, 0.25) is 0 Å². The molecule has 0 saturated carbocycles. The maximum Gasteiger partial charge on any atom is 0.0754 e. The van der Waals surface area contributed by atoms with Crippen molar-refractivity contribution in [2.45, 2.75) is 5.41 Å². The second-order valence-corrected chi connectivity index (χ2v) is 14.4. The molecule has 1 spiro atoms. The summed E-state index contributed by atoms with van der Waals surface area (Å²) in [7, 11) is 0. The SMILES string of the molecule is c1ccc(N2c3ccccc3C3(c4ccccc4-c4c(-c5ccc(N(c6ccccc6)c6ccccc6)c6ccccc56)cccc43)c3ccccc32)cc1. The summed E-state index contributed by atoms with van der Waals surface area (Å²) >= 11 is 0. The van der Waals surface area contributed by atoms with Crippen molar-refractivity contribution in [3.05, 3.63) is 241 Å². The van der Waals surface area contributed by atoms with Gasteiger partial charge in [0.1, 0.15) is 0 Å². The molecular weight excluding hydrogens is 665 g/mol. The fourth-order valence-corrected chi connectivity index (χ4v) is 9.53. The number of para-hydroxylation sites is 5. The van der Waals surface area contributed by atoms with Gasteiger partial charge in [0.15, 0.2) is 0 Å². The van der Waals surface area contributed by atoms with Gasteiger partial charge in [0.05, 0.1) is 22.5 Å². The number of benzene rings is 9. The molecule has 2 nitrogen and oxygen atoms in total. The highest BCUT2D eigenvalue weighted by Gasteiger charge is 2.52. The average Bonchev–Trinajstić information content (AvgIpc) is 3.56. The van der Waals surface area contributed by atoms with E-state index in [1.165, 1.54) is 66.7 Å². The van der Waals surface area contributed by atoms with E-state index in [2.05, 4.69) is 228 Å². The summed E-state index contributed by atoms with van der Waals surface area (Å²) in [6.07, 6.45) is 0. The van der Waals surface area contributed by atoms with Gasteiger partial charge in [-0.2, -0.15) is 0 Å². The molecule has 1 aliphatic heterocycles. The van der Waals surface area contributed by atoms with Crippen LogP contribution in [-0.2, 0) is 5.41 Å². The zero-order valence-electron chi connectivity index (χ0n) is 30.2. The molecule has 258 valence electrons. The lowest BCUT2D eigenvalue weighted by molar-refractivity contribution is 0.753. The predicted octanol–water partition coefficient (Wildman–Crippen LogP) is 14.1. The lowest BCUT2D eigenvalue weighted by Crippen LogP contribution is -2.36. The molecule has 0 N–H and O–H groups in total. The number of nitrogens with zero attached hydrogens (tertiary/aromatic N) is 2. The van der Waals surface area contributed by atoms with Gasteiger partial charge in [0.25, 0.3) is 0 Å². The minimum atomic E-state index is -0.506. The number of fused-ring (bicyclic) bond motifs is 10. The maximum absolute atomic E-state index is 2.44. The van der Waals surface area contributed by atoms with Crippen LogP contribution in [0, 0.1) is 0 Å². The summed E-state index contributed by atoms with van der Waals surface area (Å²) < 4.78 is 0. The topological polar surface area (TPSA) is 6.48 Å². The summed E-state index contributed by atoms with van der Waals surface area (Å²) in [4.78, 5) is 4.82. The molecule has 55 heavy (non-hydrogen) atoms.